The van der Waals surface area contributed by atoms with E-state index in [-0.39, 0.29) is 0 Å². The summed E-state index contributed by atoms with van der Waals surface area (Å²) in [4.78, 5) is 2.36. The van der Waals surface area contributed by atoms with Gasteiger partial charge in [0.1, 0.15) is 0 Å². The molecule has 1 aromatic rings. The van der Waals surface area contributed by atoms with Gasteiger partial charge in [0.15, 0.2) is 0 Å². The minimum absolute atomic E-state index is 0.365. The van der Waals surface area contributed by atoms with Crippen LogP contribution in [0.25, 0.3) is 0 Å². The van der Waals surface area contributed by atoms with E-state index in [1.807, 2.05) is 0 Å². The van der Waals surface area contributed by atoms with Crippen LogP contribution in [0.3, 0.4) is 0 Å². The molecule has 15 heavy (non-hydrogen) atoms. The van der Waals surface area contributed by atoms with Gasteiger partial charge in [0.05, 0.1) is 0 Å². The molecule has 1 nitrogen and oxygen atoms in total. The summed E-state index contributed by atoms with van der Waals surface area (Å²) in [5, 5.41) is 0. The molecule has 1 rings (SSSR count). The second kappa shape index (κ2) is 5.13. The maximum atomic E-state index is 3.45. The maximum Gasteiger partial charge on any atom is 0.0230 e. The van der Waals surface area contributed by atoms with Crippen LogP contribution in [0, 0.1) is 5.41 Å². The largest absolute Gasteiger partial charge is 0.302 e. The van der Waals surface area contributed by atoms with Crippen LogP contribution in [0.4, 0.5) is 0 Å². The molecule has 0 aromatic heterocycles. The summed E-state index contributed by atoms with van der Waals surface area (Å²) in [6.45, 7) is 8.94. The molecule has 0 heterocycles. The molecule has 2 heteroatoms. The quantitative estimate of drug-likeness (QED) is 0.804. The lowest BCUT2D eigenvalue weighted by atomic mass is 9.96. The Labute approximate surface area is 102 Å². The normalized spacial score (nSPS) is 12.1. The molecule has 0 aliphatic heterocycles. The van der Waals surface area contributed by atoms with Crippen molar-refractivity contribution in [1.82, 2.24) is 4.90 Å². The minimum atomic E-state index is 0.365. The second-order valence-electron chi connectivity index (χ2n) is 5.36. The van der Waals surface area contributed by atoms with Gasteiger partial charge in [-0.15, -0.1) is 0 Å². The smallest absolute Gasteiger partial charge is 0.0230 e. The Morgan fingerprint density at radius 2 is 1.67 bits per heavy atom. The van der Waals surface area contributed by atoms with E-state index in [1.165, 1.54) is 5.56 Å². The highest BCUT2D eigenvalue weighted by molar-refractivity contribution is 9.10. The van der Waals surface area contributed by atoms with E-state index in [0.717, 1.165) is 17.6 Å². The average molecular weight is 270 g/mol. The van der Waals surface area contributed by atoms with Crippen LogP contribution in [0.5, 0.6) is 0 Å². The lowest BCUT2D eigenvalue weighted by Gasteiger charge is -2.26. The van der Waals surface area contributed by atoms with Crippen molar-refractivity contribution in [2.75, 3.05) is 13.6 Å². The highest BCUT2D eigenvalue weighted by Crippen LogP contribution is 2.16. The zero-order chi connectivity index (χ0) is 11.5. The summed E-state index contributed by atoms with van der Waals surface area (Å²) in [5.41, 5.74) is 1.73. The lowest BCUT2D eigenvalue weighted by Crippen LogP contribution is -2.28. The number of hydrogen-bond acceptors (Lipinski definition) is 1. The van der Waals surface area contributed by atoms with Gasteiger partial charge in [-0.1, -0.05) is 48.8 Å². The number of benzene rings is 1. The third-order valence-electron chi connectivity index (χ3n) is 2.11. The SMILES string of the molecule is CN(Cc1ccc(Br)cc1)CC(C)(C)C. The topological polar surface area (TPSA) is 3.24 Å². The van der Waals surface area contributed by atoms with E-state index in [0.29, 0.717) is 5.41 Å². The van der Waals surface area contributed by atoms with Crippen LogP contribution in [0.15, 0.2) is 28.7 Å². The summed E-state index contributed by atoms with van der Waals surface area (Å²) in [7, 11) is 2.17. The van der Waals surface area contributed by atoms with Gasteiger partial charge < -0.3 is 4.90 Å². The number of hydrogen-bond donors (Lipinski definition) is 0. The van der Waals surface area contributed by atoms with Crippen LogP contribution in [-0.2, 0) is 6.54 Å². The molecule has 84 valence electrons. The van der Waals surface area contributed by atoms with E-state index >= 15 is 0 Å². The van der Waals surface area contributed by atoms with Gasteiger partial charge in [0.25, 0.3) is 0 Å². The Bertz CT molecular complexity index is 297. The van der Waals surface area contributed by atoms with Gasteiger partial charge in [-0.05, 0) is 30.2 Å². The fraction of sp³-hybridized carbons (Fsp3) is 0.538. The molecular weight excluding hydrogens is 250 g/mol. The Kier molecular flexibility index (Phi) is 4.35. The van der Waals surface area contributed by atoms with Crippen molar-refractivity contribution in [3.63, 3.8) is 0 Å². The molecule has 0 spiro atoms. The van der Waals surface area contributed by atoms with Crippen molar-refractivity contribution in [2.24, 2.45) is 5.41 Å². The van der Waals surface area contributed by atoms with Gasteiger partial charge in [0, 0.05) is 17.6 Å². The Morgan fingerprint density at radius 3 is 2.13 bits per heavy atom. The Balaban J connectivity index is 2.51. The maximum absolute atomic E-state index is 3.45. The van der Waals surface area contributed by atoms with Crippen molar-refractivity contribution in [2.45, 2.75) is 27.3 Å². The van der Waals surface area contributed by atoms with Crippen molar-refractivity contribution >= 4 is 15.9 Å². The van der Waals surface area contributed by atoms with E-state index < -0.39 is 0 Å². The Hall–Kier alpha value is -0.340. The molecular formula is C13H20BrN. The summed E-state index contributed by atoms with van der Waals surface area (Å²) in [6.07, 6.45) is 0. The first-order chi connectivity index (χ1) is 6.87. The second-order valence-corrected chi connectivity index (χ2v) is 6.28. The van der Waals surface area contributed by atoms with Crippen LogP contribution < -0.4 is 0 Å². The molecule has 0 aliphatic rings. The van der Waals surface area contributed by atoms with E-state index in [4.69, 9.17) is 0 Å². The summed E-state index contributed by atoms with van der Waals surface area (Å²) in [5.74, 6) is 0. The highest BCUT2D eigenvalue weighted by atomic mass is 79.9. The average Bonchev–Trinajstić information content (AvgIpc) is 2.05. The zero-order valence-electron chi connectivity index (χ0n) is 10.0. The molecule has 0 bridgehead atoms. The van der Waals surface area contributed by atoms with Gasteiger partial charge in [-0.2, -0.15) is 0 Å². The summed E-state index contributed by atoms with van der Waals surface area (Å²) >= 11 is 3.45. The fourth-order valence-corrected chi connectivity index (χ4v) is 2.03. The molecule has 0 saturated heterocycles. The van der Waals surface area contributed by atoms with Crippen LogP contribution >= 0.6 is 15.9 Å². The van der Waals surface area contributed by atoms with Crippen molar-refractivity contribution < 1.29 is 0 Å². The number of halogens is 1. The van der Waals surface area contributed by atoms with E-state index in [1.54, 1.807) is 0 Å². The summed E-state index contributed by atoms with van der Waals surface area (Å²) < 4.78 is 1.14. The molecule has 0 fully saturated rings. The van der Waals surface area contributed by atoms with Crippen LogP contribution in [0.2, 0.25) is 0 Å². The monoisotopic (exact) mass is 269 g/mol. The molecule has 0 saturated carbocycles. The first-order valence-electron chi connectivity index (χ1n) is 5.30. The fourth-order valence-electron chi connectivity index (χ4n) is 1.77. The van der Waals surface area contributed by atoms with Gasteiger partial charge in [-0.3, -0.25) is 0 Å². The number of nitrogens with zero attached hydrogens (tertiary/aromatic N) is 1. The van der Waals surface area contributed by atoms with E-state index in [2.05, 4.69) is 72.9 Å². The van der Waals surface area contributed by atoms with Crippen molar-refractivity contribution in [3.8, 4) is 0 Å². The predicted octanol–water partition coefficient (Wildman–Crippen LogP) is 3.93. The summed E-state index contributed by atoms with van der Waals surface area (Å²) in [6, 6.07) is 8.53. The highest BCUT2D eigenvalue weighted by Gasteiger charge is 2.13. The van der Waals surface area contributed by atoms with Gasteiger partial charge in [-0.25, -0.2) is 0 Å². The first kappa shape index (κ1) is 12.7. The lowest BCUT2D eigenvalue weighted by molar-refractivity contribution is 0.221. The molecule has 0 atom stereocenters. The number of rotatable bonds is 3. The molecule has 0 N–H and O–H groups in total. The van der Waals surface area contributed by atoms with Crippen LogP contribution in [-0.4, -0.2) is 18.5 Å². The van der Waals surface area contributed by atoms with Gasteiger partial charge in [0.2, 0.25) is 0 Å². The third kappa shape index (κ3) is 5.33. The van der Waals surface area contributed by atoms with Gasteiger partial charge >= 0.3 is 0 Å². The van der Waals surface area contributed by atoms with Crippen molar-refractivity contribution in [1.29, 1.82) is 0 Å². The third-order valence-corrected chi connectivity index (χ3v) is 2.64. The molecule has 0 unspecified atom stereocenters. The Morgan fingerprint density at radius 1 is 1.13 bits per heavy atom. The molecule has 0 amide bonds. The minimum Gasteiger partial charge on any atom is -0.302 e. The standard InChI is InChI=1S/C13H20BrN/c1-13(2,3)10-15(4)9-11-5-7-12(14)8-6-11/h5-8H,9-10H2,1-4H3. The van der Waals surface area contributed by atoms with Crippen LogP contribution in [0.1, 0.15) is 26.3 Å². The zero-order valence-corrected chi connectivity index (χ0v) is 11.6. The molecule has 0 radical (unpaired) electrons. The molecule has 0 aliphatic carbocycles. The molecule has 1 aromatic carbocycles. The predicted molar refractivity (Wildman–Crippen MR) is 69.9 cm³/mol. The van der Waals surface area contributed by atoms with E-state index in [9.17, 15) is 0 Å². The first-order valence-corrected chi connectivity index (χ1v) is 6.09. The van der Waals surface area contributed by atoms with Crippen molar-refractivity contribution in [3.05, 3.63) is 34.3 Å².